The summed E-state index contributed by atoms with van der Waals surface area (Å²) in [6.45, 7) is 4.53. The molecule has 3 aliphatic rings. The minimum Gasteiger partial charge on any atom is -0.477 e. The summed E-state index contributed by atoms with van der Waals surface area (Å²) in [5, 5.41) is 0.957. The first-order valence-corrected chi connectivity index (χ1v) is 10.3. The normalized spacial score (nSPS) is 22.6. The third kappa shape index (κ3) is 3.63. The highest BCUT2D eigenvalue weighted by atomic mass is 16.5. The van der Waals surface area contributed by atoms with Crippen LogP contribution in [0, 0.1) is 5.92 Å². The summed E-state index contributed by atoms with van der Waals surface area (Å²) in [5.41, 5.74) is 2.03. The average molecular weight is 382 g/mol. The predicted molar refractivity (Wildman–Crippen MR) is 106 cm³/mol. The van der Waals surface area contributed by atoms with Gasteiger partial charge in [-0.3, -0.25) is 4.79 Å². The Balaban J connectivity index is 1.28. The quantitative estimate of drug-likeness (QED) is 0.790. The molecule has 3 fully saturated rings. The highest BCUT2D eigenvalue weighted by molar-refractivity contribution is 5.87. The van der Waals surface area contributed by atoms with E-state index in [1.54, 1.807) is 6.33 Å². The van der Waals surface area contributed by atoms with Gasteiger partial charge in [-0.1, -0.05) is 0 Å². The van der Waals surface area contributed by atoms with Crippen molar-refractivity contribution in [3.05, 3.63) is 24.5 Å². The molecule has 1 saturated carbocycles. The molecule has 1 aliphatic carbocycles. The molecule has 0 radical (unpaired) electrons. The molecule has 7 heteroatoms. The van der Waals surface area contributed by atoms with Crippen LogP contribution in [0.1, 0.15) is 25.7 Å². The number of carbonyl (C=O) groups excluding carboxylic acids is 1. The van der Waals surface area contributed by atoms with Crippen molar-refractivity contribution in [2.75, 3.05) is 44.3 Å². The molecule has 2 aromatic rings. The number of fused-ring (bicyclic) bond motifs is 1. The van der Waals surface area contributed by atoms with Gasteiger partial charge in [-0.25, -0.2) is 9.97 Å². The maximum absolute atomic E-state index is 12.5. The zero-order chi connectivity index (χ0) is 18.9. The van der Waals surface area contributed by atoms with Gasteiger partial charge in [0.1, 0.15) is 12.4 Å². The second-order valence-corrected chi connectivity index (χ2v) is 7.95. The number of rotatable bonds is 5. The Hall–Kier alpha value is -2.41. The van der Waals surface area contributed by atoms with Gasteiger partial charge < -0.3 is 19.3 Å². The maximum Gasteiger partial charge on any atom is 0.251 e. The molecular formula is C21H26N4O3. The fourth-order valence-corrected chi connectivity index (χ4v) is 3.98. The summed E-state index contributed by atoms with van der Waals surface area (Å²) in [6, 6.07) is 6.24. The van der Waals surface area contributed by atoms with E-state index in [0.29, 0.717) is 18.4 Å². The molecule has 28 heavy (non-hydrogen) atoms. The SMILES string of the molecule is O=C(C1CCCO1)N1CCN(c2ccc3ncnc(OCC4CC4)c3c2)CC1. The van der Waals surface area contributed by atoms with E-state index in [1.807, 2.05) is 11.0 Å². The molecule has 7 nitrogen and oxygen atoms in total. The lowest BCUT2D eigenvalue weighted by atomic mass is 10.1. The van der Waals surface area contributed by atoms with Gasteiger partial charge in [-0.15, -0.1) is 0 Å². The number of carbonyl (C=O) groups is 1. The lowest BCUT2D eigenvalue weighted by molar-refractivity contribution is -0.141. The third-order valence-corrected chi connectivity index (χ3v) is 5.90. The molecule has 148 valence electrons. The molecule has 0 N–H and O–H groups in total. The Labute approximate surface area is 164 Å². The minimum absolute atomic E-state index is 0.153. The van der Waals surface area contributed by atoms with Crippen LogP contribution >= 0.6 is 0 Å². The van der Waals surface area contributed by atoms with E-state index in [-0.39, 0.29) is 12.0 Å². The van der Waals surface area contributed by atoms with Crippen molar-refractivity contribution < 1.29 is 14.3 Å². The smallest absolute Gasteiger partial charge is 0.251 e. The summed E-state index contributed by atoms with van der Waals surface area (Å²) in [7, 11) is 0. The van der Waals surface area contributed by atoms with Gasteiger partial charge >= 0.3 is 0 Å². The van der Waals surface area contributed by atoms with Gasteiger partial charge in [0.15, 0.2) is 0 Å². The molecule has 5 rings (SSSR count). The number of nitrogens with zero attached hydrogens (tertiary/aromatic N) is 4. The standard InChI is InChI=1S/C21H26N4O3/c26-21(19-2-1-11-27-19)25-9-7-24(8-10-25)16-5-6-18-17(12-16)20(23-14-22-18)28-13-15-3-4-15/h5-6,12,14-15,19H,1-4,7-11,13H2. The average Bonchev–Trinajstić information content (AvgIpc) is 3.42. The van der Waals surface area contributed by atoms with Gasteiger partial charge in [0.2, 0.25) is 5.88 Å². The Morgan fingerprint density at radius 1 is 1.14 bits per heavy atom. The minimum atomic E-state index is -0.226. The first-order valence-electron chi connectivity index (χ1n) is 10.3. The van der Waals surface area contributed by atoms with Crippen molar-refractivity contribution in [2.24, 2.45) is 5.92 Å². The summed E-state index contributed by atoms with van der Waals surface area (Å²) < 4.78 is 11.5. The summed E-state index contributed by atoms with van der Waals surface area (Å²) >= 11 is 0. The Kier molecular flexibility index (Phi) is 4.76. The van der Waals surface area contributed by atoms with Crippen LogP contribution in [0.5, 0.6) is 5.88 Å². The van der Waals surface area contributed by atoms with Crippen LogP contribution in [0.3, 0.4) is 0 Å². The largest absolute Gasteiger partial charge is 0.477 e. The lowest BCUT2D eigenvalue weighted by Gasteiger charge is -2.37. The highest BCUT2D eigenvalue weighted by Crippen LogP contribution is 2.32. The van der Waals surface area contributed by atoms with Gasteiger partial charge in [0.05, 0.1) is 17.5 Å². The summed E-state index contributed by atoms with van der Waals surface area (Å²) in [4.78, 5) is 25.5. The van der Waals surface area contributed by atoms with Crippen molar-refractivity contribution in [2.45, 2.75) is 31.8 Å². The summed E-state index contributed by atoms with van der Waals surface area (Å²) in [5.74, 6) is 1.51. The van der Waals surface area contributed by atoms with E-state index in [1.165, 1.54) is 12.8 Å². The molecule has 1 aromatic heterocycles. The predicted octanol–water partition coefficient (Wildman–Crippen LogP) is 2.25. The zero-order valence-corrected chi connectivity index (χ0v) is 16.0. The van der Waals surface area contributed by atoms with Crippen LogP contribution in [-0.4, -0.2) is 66.3 Å². The number of ether oxygens (including phenoxy) is 2. The van der Waals surface area contributed by atoms with Crippen LogP contribution in [0.15, 0.2) is 24.5 Å². The number of anilines is 1. The van der Waals surface area contributed by atoms with E-state index in [0.717, 1.165) is 62.2 Å². The maximum atomic E-state index is 12.5. The molecule has 1 atom stereocenters. The summed E-state index contributed by atoms with van der Waals surface area (Å²) in [6.07, 6.45) is 5.69. The molecule has 1 amide bonds. The number of piperazine rings is 1. The Morgan fingerprint density at radius 3 is 2.75 bits per heavy atom. The van der Waals surface area contributed by atoms with Crippen molar-refractivity contribution in [1.82, 2.24) is 14.9 Å². The number of amides is 1. The van der Waals surface area contributed by atoms with Crippen LogP contribution in [0.2, 0.25) is 0 Å². The fourth-order valence-electron chi connectivity index (χ4n) is 3.98. The van der Waals surface area contributed by atoms with Crippen molar-refractivity contribution >= 4 is 22.5 Å². The highest BCUT2D eigenvalue weighted by Gasteiger charge is 2.30. The second kappa shape index (κ2) is 7.54. The first-order chi connectivity index (χ1) is 13.8. The topological polar surface area (TPSA) is 67.8 Å². The van der Waals surface area contributed by atoms with Crippen LogP contribution in [0.4, 0.5) is 5.69 Å². The second-order valence-electron chi connectivity index (χ2n) is 7.95. The van der Waals surface area contributed by atoms with Crippen molar-refractivity contribution in [3.8, 4) is 5.88 Å². The van der Waals surface area contributed by atoms with E-state index in [4.69, 9.17) is 9.47 Å². The van der Waals surface area contributed by atoms with E-state index < -0.39 is 0 Å². The number of benzene rings is 1. The van der Waals surface area contributed by atoms with E-state index in [2.05, 4.69) is 27.0 Å². The number of hydrogen-bond donors (Lipinski definition) is 0. The molecule has 2 saturated heterocycles. The third-order valence-electron chi connectivity index (χ3n) is 5.90. The van der Waals surface area contributed by atoms with Gasteiger partial charge in [0.25, 0.3) is 5.91 Å². The molecule has 0 spiro atoms. The van der Waals surface area contributed by atoms with Gasteiger partial charge in [-0.2, -0.15) is 0 Å². The van der Waals surface area contributed by atoms with Crippen LogP contribution < -0.4 is 9.64 Å². The fraction of sp³-hybridized carbons (Fsp3) is 0.571. The van der Waals surface area contributed by atoms with Crippen LogP contribution in [0.25, 0.3) is 10.9 Å². The number of aromatic nitrogens is 2. The molecule has 1 aromatic carbocycles. The lowest BCUT2D eigenvalue weighted by Crippen LogP contribution is -2.51. The Morgan fingerprint density at radius 2 is 2.00 bits per heavy atom. The molecule has 2 aliphatic heterocycles. The molecular weight excluding hydrogens is 356 g/mol. The van der Waals surface area contributed by atoms with Crippen molar-refractivity contribution in [1.29, 1.82) is 0 Å². The molecule has 1 unspecified atom stereocenters. The van der Waals surface area contributed by atoms with Crippen molar-refractivity contribution in [3.63, 3.8) is 0 Å². The number of hydrogen-bond acceptors (Lipinski definition) is 6. The first kappa shape index (κ1) is 17.7. The zero-order valence-electron chi connectivity index (χ0n) is 16.0. The van der Waals surface area contributed by atoms with E-state index in [9.17, 15) is 4.79 Å². The Bertz CT molecular complexity index is 856. The van der Waals surface area contributed by atoms with Crippen LogP contribution in [-0.2, 0) is 9.53 Å². The monoisotopic (exact) mass is 382 g/mol. The molecule has 0 bridgehead atoms. The van der Waals surface area contributed by atoms with E-state index >= 15 is 0 Å². The molecule has 3 heterocycles. The van der Waals surface area contributed by atoms with Gasteiger partial charge in [0, 0.05) is 38.5 Å². The van der Waals surface area contributed by atoms with Gasteiger partial charge in [-0.05, 0) is 49.8 Å².